The number of hydrogen-bond donors (Lipinski definition) is 0. The predicted octanol–water partition coefficient (Wildman–Crippen LogP) is 4.89. The van der Waals surface area contributed by atoms with E-state index in [0.717, 1.165) is 5.56 Å². The number of rotatable bonds is 2. The average Bonchev–Trinajstić information content (AvgIpc) is 2.38. The number of nitrogens with zero attached hydrogens (tertiary/aromatic N) is 1. The Labute approximate surface area is 110 Å². The molecule has 1 aromatic carbocycles. The molecule has 0 spiro atoms. The van der Waals surface area contributed by atoms with Gasteiger partial charge in [-0.3, -0.25) is 4.98 Å². The first kappa shape index (κ1) is 13.6. The van der Waals surface area contributed by atoms with Gasteiger partial charge in [0.05, 0.1) is 11.3 Å². The third-order valence-corrected chi connectivity index (χ3v) is 2.88. The summed E-state index contributed by atoms with van der Waals surface area (Å²) in [6, 6.07) is 10.1. The zero-order valence-corrected chi connectivity index (χ0v) is 10.7. The maximum Gasteiger partial charge on any atom is 0.418 e. The minimum absolute atomic E-state index is 0.0900. The van der Waals surface area contributed by atoms with E-state index in [-0.39, 0.29) is 11.6 Å². The van der Waals surface area contributed by atoms with Crippen molar-refractivity contribution in [3.05, 3.63) is 53.9 Å². The van der Waals surface area contributed by atoms with E-state index >= 15 is 0 Å². The summed E-state index contributed by atoms with van der Waals surface area (Å²) in [5.74, 6) is -0.263. The van der Waals surface area contributed by atoms with Gasteiger partial charge in [-0.25, -0.2) is 0 Å². The molecule has 0 N–H and O–H groups in total. The Kier molecular flexibility index (Phi) is 3.60. The van der Waals surface area contributed by atoms with Gasteiger partial charge < -0.3 is 0 Å². The molecule has 4 heteroatoms. The van der Waals surface area contributed by atoms with Crippen LogP contribution in [-0.2, 0) is 6.18 Å². The fourth-order valence-electron chi connectivity index (χ4n) is 1.95. The molecule has 100 valence electrons. The zero-order chi connectivity index (χ0) is 14.0. The second-order valence-electron chi connectivity index (χ2n) is 4.68. The van der Waals surface area contributed by atoms with E-state index in [0.29, 0.717) is 5.56 Å². The van der Waals surface area contributed by atoms with Crippen molar-refractivity contribution in [3.8, 4) is 11.1 Å². The second kappa shape index (κ2) is 5.03. The Morgan fingerprint density at radius 2 is 1.63 bits per heavy atom. The number of alkyl halides is 3. The van der Waals surface area contributed by atoms with Crippen molar-refractivity contribution in [3.63, 3.8) is 0 Å². The lowest BCUT2D eigenvalue weighted by Gasteiger charge is -2.15. The normalized spacial score (nSPS) is 11.9. The van der Waals surface area contributed by atoms with Crippen molar-refractivity contribution in [1.82, 2.24) is 4.98 Å². The Hall–Kier alpha value is -1.84. The average molecular weight is 265 g/mol. The minimum Gasteiger partial charge on any atom is -0.260 e. The van der Waals surface area contributed by atoms with Crippen LogP contribution in [0.4, 0.5) is 13.2 Å². The highest BCUT2D eigenvalue weighted by atomic mass is 19.4. The molecule has 1 heterocycles. The molecule has 0 saturated carbocycles. The van der Waals surface area contributed by atoms with E-state index in [2.05, 4.69) is 4.98 Å². The summed E-state index contributed by atoms with van der Waals surface area (Å²) in [7, 11) is 0. The topological polar surface area (TPSA) is 12.9 Å². The summed E-state index contributed by atoms with van der Waals surface area (Å²) in [6.07, 6.45) is -2.88. The maximum atomic E-state index is 13.1. The van der Waals surface area contributed by atoms with Gasteiger partial charge in [-0.2, -0.15) is 13.2 Å². The standard InChI is InChI=1S/C15H14F3N/c1-10(2)14-13(15(16,17)18)8-12(9-19-14)11-6-4-3-5-7-11/h3-10H,1-2H3. The number of benzene rings is 1. The monoisotopic (exact) mass is 265 g/mol. The van der Waals surface area contributed by atoms with Gasteiger partial charge in [0, 0.05) is 11.8 Å². The molecule has 0 bridgehead atoms. The highest BCUT2D eigenvalue weighted by Crippen LogP contribution is 2.36. The molecule has 1 nitrogen and oxygen atoms in total. The summed E-state index contributed by atoms with van der Waals surface area (Å²) in [5.41, 5.74) is 0.657. The quantitative estimate of drug-likeness (QED) is 0.753. The van der Waals surface area contributed by atoms with Gasteiger partial charge in [-0.05, 0) is 17.5 Å². The van der Waals surface area contributed by atoms with E-state index in [1.807, 2.05) is 6.07 Å². The molecule has 0 aliphatic heterocycles. The highest BCUT2D eigenvalue weighted by Gasteiger charge is 2.35. The van der Waals surface area contributed by atoms with Crippen LogP contribution in [0.1, 0.15) is 31.0 Å². The van der Waals surface area contributed by atoms with Gasteiger partial charge in [0.25, 0.3) is 0 Å². The van der Waals surface area contributed by atoms with Gasteiger partial charge >= 0.3 is 6.18 Å². The predicted molar refractivity (Wildman–Crippen MR) is 68.8 cm³/mol. The minimum atomic E-state index is -4.38. The van der Waals surface area contributed by atoms with Gasteiger partial charge in [-0.15, -0.1) is 0 Å². The lowest BCUT2D eigenvalue weighted by molar-refractivity contribution is -0.138. The summed E-state index contributed by atoms with van der Waals surface area (Å²) in [5, 5.41) is 0. The van der Waals surface area contributed by atoms with Crippen LogP contribution < -0.4 is 0 Å². The van der Waals surface area contributed by atoms with Crippen molar-refractivity contribution >= 4 is 0 Å². The molecular formula is C15H14F3N. The number of hydrogen-bond acceptors (Lipinski definition) is 1. The molecule has 0 saturated heterocycles. The smallest absolute Gasteiger partial charge is 0.260 e. The fraction of sp³-hybridized carbons (Fsp3) is 0.267. The Bertz CT molecular complexity index is 559. The fourth-order valence-corrected chi connectivity index (χ4v) is 1.95. The van der Waals surface area contributed by atoms with Crippen molar-refractivity contribution < 1.29 is 13.2 Å². The van der Waals surface area contributed by atoms with Gasteiger partial charge in [0.15, 0.2) is 0 Å². The molecule has 0 unspecified atom stereocenters. The first-order chi connectivity index (χ1) is 8.89. The first-order valence-electron chi connectivity index (χ1n) is 6.02. The zero-order valence-electron chi connectivity index (χ0n) is 10.7. The van der Waals surface area contributed by atoms with E-state index in [4.69, 9.17) is 0 Å². The van der Waals surface area contributed by atoms with Crippen LogP contribution >= 0.6 is 0 Å². The third kappa shape index (κ3) is 2.95. The van der Waals surface area contributed by atoms with E-state index in [1.54, 1.807) is 38.1 Å². The molecule has 1 aromatic heterocycles. The third-order valence-electron chi connectivity index (χ3n) is 2.88. The number of pyridine rings is 1. The van der Waals surface area contributed by atoms with Crippen LogP contribution in [0.15, 0.2) is 42.6 Å². The van der Waals surface area contributed by atoms with E-state index in [1.165, 1.54) is 12.3 Å². The Balaban J connectivity index is 2.57. The lowest BCUT2D eigenvalue weighted by atomic mass is 9.99. The number of halogens is 3. The molecule has 2 aromatic rings. The summed E-state index contributed by atoms with van der Waals surface area (Å²) >= 11 is 0. The summed E-state index contributed by atoms with van der Waals surface area (Å²) in [6.45, 7) is 3.42. The molecule has 2 rings (SSSR count). The molecule has 0 radical (unpaired) electrons. The van der Waals surface area contributed by atoms with Crippen LogP contribution in [0.5, 0.6) is 0 Å². The second-order valence-corrected chi connectivity index (χ2v) is 4.68. The van der Waals surface area contributed by atoms with Gasteiger partial charge in [0.1, 0.15) is 0 Å². The maximum absolute atomic E-state index is 13.1. The van der Waals surface area contributed by atoms with E-state index < -0.39 is 11.7 Å². The van der Waals surface area contributed by atoms with Gasteiger partial charge in [0.2, 0.25) is 0 Å². The van der Waals surface area contributed by atoms with Crippen molar-refractivity contribution in [2.24, 2.45) is 0 Å². The molecular weight excluding hydrogens is 251 g/mol. The summed E-state index contributed by atoms with van der Waals surface area (Å²) < 4.78 is 39.2. The largest absolute Gasteiger partial charge is 0.418 e. The van der Waals surface area contributed by atoms with Crippen LogP contribution in [0.3, 0.4) is 0 Å². The van der Waals surface area contributed by atoms with Crippen LogP contribution in [0.25, 0.3) is 11.1 Å². The highest BCUT2D eigenvalue weighted by molar-refractivity contribution is 5.63. The molecule has 0 aliphatic rings. The lowest BCUT2D eigenvalue weighted by Crippen LogP contribution is -2.12. The molecule has 0 atom stereocenters. The number of aromatic nitrogens is 1. The Morgan fingerprint density at radius 1 is 1.00 bits per heavy atom. The molecule has 19 heavy (non-hydrogen) atoms. The van der Waals surface area contributed by atoms with Crippen LogP contribution in [0.2, 0.25) is 0 Å². The Morgan fingerprint density at radius 3 is 2.16 bits per heavy atom. The molecule has 0 aliphatic carbocycles. The summed E-state index contributed by atoms with van der Waals surface area (Å²) in [4.78, 5) is 4.00. The van der Waals surface area contributed by atoms with Crippen molar-refractivity contribution in [1.29, 1.82) is 0 Å². The SMILES string of the molecule is CC(C)c1ncc(-c2ccccc2)cc1C(F)(F)F. The molecule has 0 fully saturated rings. The van der Waals surface area contributed by atoms with Crippen molar-refractivity contribution in [2.75, 3.05) is 0 Å². The first-order valence-corrected chi connectivity index (χ1v) is 6.02. The molecule has 0 amide bonds. The van der Waals surface area contributed by atoms with Crippen LogP contribution in [-0.4, -0.2) is 4.98 Å². The van der Waals surface area contributed by atoms with Crippen molar-refractivity contribution in [2.45, 2.75) is 25.9 Å². The van der Waals surface area contributed by atoms with Crippen LogP contribution in [0, 0.1) is 0 Å². The van der Waals surface area contributed by atoms with Gasteiger partial charge in [-0.1, -0.05) is 44.2 Å². The van der Waals surface area contributed by atoms with E-state index in [9.17, 15) is 13.2 Å².